The third-order valence-corrected chi connectivity index (χ3v) is 1.64. The van der Waals surface area contributed by atoms with Crippen LogP contribution < -0.4 is 10.5 Å². The van der Waals surface area contributed by atoms with Crippen LogP contribution in [0.4, 0.5) is 8.78 Å². The third-order valence-electron chi connectivity index (χ3n) is 1.64. The average Bonchev–Trinajstić information content (AvgIpc) is 2.17. The molecule has 4 heteroatoms. The molecule has 0 fully saturated rings. The van der Waals surface area contributed by atoms with Crippen molar-refractivity contribution in [2.75, 3.05) is 0 Å². The van der Waals surface area contributed by atoms with E-state index in [0.717, 1.165) is 0 Å². The van der Waals surface area contributed by atoms with Crippen LogP contribution in [0.25, 0.3) is 0 Å². The lowest BCUT2D eigenvalue weighted by molar-refractivity contribution is -0.0498. The summed E-state index contributed by atoms with van der Waals surface area (Å²) in [5.41, 5.74) is 6.21. The number of ether oxygens (including phenoxy) is 1. The molecule has 1 rings (SSSR count). The van der Waals surface area contributed by atoms with Crippen molar-refractivity contribution in [2.45, 2.75) is 12.7 Å². The number of hydrogen-bond donors (Lipinski definition) is 1. The monoisotopic (exact) mass is 197 g/mol. The fourth-order valence-electron chi connectivity index (χ4n) is 0.953. The Morgan fingerprint density at radius 1 is 1.29 bits per heavy atom. The minimum Gasteiger partial charge on any atom is -0.435 e. The molecule has 0 spiro atoms. The Hall–Kier alpha value is -1.60. The van der Waals surface area contributed by atoms with Crippen molar-refractivity contribution in [3.63, 3.8) is 0 Å². The predicted octanol–water partition coefficient (Wildman–Crippen LogP) is 1.92. The lowest BCUT2D eigenvalue weighted by Crippen LogP contribution is -2.07. The van der Waals surface area contributed by atoms with Gasteiger partial charge in [-0.2, -0.15) is 8.78 Å². The van der Waals surface area contributed by atoms with E-state index in [0.29, 0.717) is 5.56 Å². The van der Waals surface area contributed by atoms with E-state index in [9.17, 15) is 8.78 Å². The Bertz CT molecular complexity index is 329. The first-order chi connectivity index (χ1) is 6.63. The van der Waals surface area contributed by atoms with E-state index in [1.165, 1.54) is 12.1 Å². The van der Waals surface area contributed by atoms with E-state index in [1.54, 1.807) is 12.1 Å². The number of nitrogens with two attached hydrogens (primary N) is 1. The van der Waals surface area contributed by atoms with E-state index < -0.39 is 12.7 Å². The van der Waals surface area contributed by atoms with Crippen LogP contribution in [0.3, 0.4) is 0 Å². The van der Waals surface area contributed by atoms with Crippen LogP contribution >= 0.6 is 0 Å². The van der Waals surface area contributed by atoms with Crippen molar-refractivity contribution >= 4 is 0 Å². The summed E-state index contributed by atoms with van der Waals surface area (Å²) in [5, 5.41) is 0. The summed E-state index contributed by atoms with van der Waals surface area (Å²) in [6.07, 6.45) is 5.10. The van der Waals surface area contributed by atoms with Gasteiger partial charge in [-0.25, -0.2) is 0 Å². The van der Waals surface area contributed by atoms with Gasteiger partial charge in [0, 0.05) is 0 Å². The zero-order chi connectivity index (χ0) is 10.6. The summed E-state index contributed by atoms with van der Waals surface area (Å²) in [6, 6.07) is 5.40. The summed E-state index contributed by atoms with van der Waals surface area (Å²) in [6.45, 7) is -2.82. The van der Waals surface area contributed by atoms with Gasteiger partial charge < -0.3 is 10.5 Å². The maximum absolute atomic E-state index is 11.8. The molecule has 1 unspecified atom stereocenters. The standard InChI is InChI=1S/C10H9F2NO/c1-2-9(13)7-3-5-8(6-4-7)14-10(11)12/h1,3-6,9-10H,13H2. The Kier molecular flexibility index (Phi) is 3.43. The van der Waals surface area contributed by atoms with Gasteiger partial charge in [0.1, 0.15) is 5.75 Å². The van der Waals surface area contributed by atoms with E-state index in [2.05, 4.69) is 10.7 Å². The summed E-state index contributed by atoms with van der Waals surface area (Å²) in [4.78, 5) is 0. The molecule has 0 heterocycles. The van der Waals surface area contributed by atoms with Crippen molar-refractivity contribution < 1.29 is 13.5 Å². The summed E-state index contributed by atoms with van der Waals surface area (Å²) in [5.74, 6) is 2.42. The Labute approximate surface area is 80.7 Å². The van der Waals surface area contributed by atoms with Gasteiger partial charge in [-0.3, -0.25) is 0 Å². The number of terminal acetylenes is 1. The van der Waals surface area contributed by atoms with Crippen LogP contribution in [0.5, 0.6) is 5.75 Å². The lowest BCUT2D eigenvalue weighted by Gasteiger charge is -2.07. The number of benzene rings is 1. The van der Waals surface area contributed by atoms with Crippen molar-refractivity contribution in [1.82, 2.24) is 0 Å². The van der Waals surface area contributed by atoms with Gasteiger partial charge in [-0.15, -0.1) is 6.42 Å². The van der Waals surface area contributed by atoms with Crippen LogP contribution in [0.1, 0.15) is 11.6 Å². The molecule has 0 aliphatic carbocycles. The molecule has 0 saturated carbocycles. The first-order valence-corrected chi connectivity index (χ1v) is 3.90. The molecule has 1 atom stereocenters. The summed E-state index contributed by atoms with van der Waals surface area (Å²) in [7, 11) is 0. The molecule has 0 aliphatic rings. The van der Waals surface area contributed by atoms with Crippen LogP contribution in [0, 0.1) is 12.3 Å². The first-order valence-electron chi connectivity index (χ1n) is 3.90. The highest BCUT2D eigenvalue weighted by molar-refractivity contribution is 5.31. The number of rotatable bonds is 3. The highest BCUT2D eigenvalue weighted by Crippen LogP contribution is 2.17. The zero-order valence-corrected chi connectivity index (χ0v) is 7.28. The SMILES string of the molecule is C#CC(N)c1ccc(OC(F)F)cc1. The second-order valence-corrected chi connectivity index (χ2v) is 2.59. The molecule has 74 valence electrons. The fourth-order valence-corrected chi connectivity index (χ4v) is 0.953. The largest absolute Gasteiger partial charge is 0.435 e. The summed E-state index contributed by atoms with van der Waals surface area (Å²) < 4.78 is 27.7. The highest BCUT2D eigenvalue weighted by atomic mass is 19.3. The van der Waals surface area contributed by atoms with Crippen LogP contribution in [-0.4, -0.2) is 6.61 Å². The van der Waals surface area contributed by atoms with Gasteiger partial charge in [0.15, 0.2) is 0 Å². The fraction of sp³-hybridized carbons (Fsp3) is 0.200. The van der Waals surface area contributed by atoms with Crippen molar-refractivity contribution in [1.29, 1.82) is 0 Å². The molecule has 2 N–H and O–H groups in total. The van der Waals surface area contributed by atoms with E-state index in [1.807, 2.05) is 0 Å². The third kappa shape index (κ3) is 2.71. The number of hydrogen-bond acceptors (Lipinski definition) is 2. The second kappa shape index (κ2) is 4.58. The molecule has 0 amide bonds. The second-order valence-electron chi connectivity index (χ2n) is 2.59. The molecule has 1 aromatic rings. The van der Waals surface area contributed by atoms with E-state index in [-0.39, 0.29) is 5.75 Å². The van der Waals surface area contributed by atoms with Gasteiger partial charge in [0.05, 0.1) is 6.04 Å². The minimum absolute atomic E-state index is 0.0907. The van der Waals surface area contributed by atoms with Crippen LogP contribution in [-0.2, 0) is 0 Å². The van der Waals surface area contributed by atoms with E-state index >= 15 is 0 Å². The molecular formula is C10H9F2NO. The number of alkyl halides is 2. The maximum Gasteiger partial charge on any atom is 0.387 e. The first kappa shape index (κ1) is 10.5. The molecule has 2 nitrogen and oxygen atoms in total. The van der Waals surface area contributed by atoms with Crippen molar-refractivity contribution in [3.05, 3.63) is 29.8 Å². The van der Waals surface area contributed by atoms with Crippen molar-refractivity contribution in [2.24, 2.45) is 5.73 Å². The molecule has 1 aromatic carbocycles. The molecule has 14 heavy (non-hydrogen) atoms. The van der Waals surface area contributed by atoms with E-state index in [4.69, 9.17) is 12.2 Å². The molecule has 0 aliphatic heterocycles. The minimum atomic E-state index is -2.82. The van der Waals surface area contributed by atoms with Gasteiger partial charge in [-0.1, -0.05) is 18.1 Å². The van der Waals surface area contributed by atoms with Gasteiger partial charge >= 0.3 is 6.61 Å². The average molecular weight is 197 g/mol. The molecular weight excluding hydrogens is 188 g/mol. The number of halogens is 2. The predicted molar refractivity (Wildman–Crippen MR) is 48.8 cm³/mol. The van der Waals surface area contributed by atoms with Crippen LogP contribution in [0.15, 0.2) is 24.3 Å². The van der Waals surface area contributed by atoms with Crippen LogP contribution in [0.2, 0.25) is 0 Å². The quantitative estimate of drug-likeness (QED) is 0.751. The Morgan fingerprint density at radius 2 is 1.86 bits per heavy atom. The topological polar surface area (TPSA) is 35.2 Å². The van der Waals surface area contributed by atoms with Gasteiger partial charge in [-0.05, 0) is 17.7 Å². The van der Waals surface area contributed by atoms with Crippen molar-refractivity contribution in [3.8, 4) is 18.1 Å². The zero-order valence-electron chi connectivity index (χ0n) is 7.28. The maximum atomic E-state index is 11.8. The smallest absolute Gasteiger partial charge is 0.387 e. The van der Waals surface area contributed by atoms with Gasteiger partial charge in [0.2, 0.25) is 0 Å². The molecule has 0 radical (unpaired) electrons. The molecule has 0 aromatic heterocycles. The van der Waals surface area contributed by atoms with Gasteiger partial charge in [0.25, 0.3) is 0 Å². The molecule has 0 bridgehead atoms. The summed E-state index contributed by atoms with van der Waals surface area (Å²) >= 11 is 0. The molecule has 0 saturated heterocycles. The Balaban J connectivity index is 2.74. The lowest BCUT2D eigenvalue weighted by atomic mass is 10.1. The Morgan fingerprint density at radius 3 is 2.29 bits per heavy atom. The highest BCUT2D eigenvalue weighted by Gasteiger charge is 2.05. The normalized spacial score (nSPS) is 12.2.